The van der Waals surface area contributed by atoms with Gasteiger partial charge in [0.05, 0.1) is 24.7 Å². The number of benzene rings is 2. The van der Waals surface area contributed by atoms with Crippen LogP contribution in [0.3, 0.4) is 0 Å². The molecule has 1 aromatic heterocycles. The van der Waals surface area contributed by atoms with Crippen LogP contribution >= 0.6 is 0 Å². The molecule has 0 spiro atoms. The lowest BCUT2D eigenvalue weighted by molar-refractivity contribution is -0.152. The van der Waals surface area contributed by atoms with E-state index in [4.69, 9.17) is 14.0 Å². The molecule has 0 saturated carbocycles. The fourth-order valence-electron chi connectivity index (χ4n) is 4.86. The smallest absolute Gasteiger partial charge is 0.311 e. The molecule has 8 nitrogen and oxygen atoms in total. The number of carbonyl (C=O) groups excluding carboxylic acids is 1. The molecule has 34 heavy (non-hydrogen) atoms. The van der Waals surface area contributed by atoms with E-state index in [0.29, 0.717) is 28.6 Å². The van der Waals surface area contributed by atoms with Gasteiger partial charge in [0, 0.05) is 30.3 Å². The number of hydrogen-bond acceptors (Lipinski definition) is 8. The van der Waals surface area contributed by atoms with Crippen molar-refractivity contribution in [1.29, 1.82) is 5.26 Å². The fourth-order valence-corrected chi connectivity index (χ4v) is 4.86. The zero-order valence-corrected chi connectivity index (χ0v) is 19.4. The third-order valence-corrected chi connectivity index (χ3v) is 6.50. The van der Waals surface area contributed by atoms with Crippen LogP contribution in [0.2, 0.25) is 0 Å². The molecule has 8 heteroatoms. The number of hydrogen-bond donors (Lipinski definition) is 0. The van der Waals surface area contributed by atoms with Crippen LogP contribution < -0.4 is 4.74 Å². The second-order valence-electron chi connectivity index (χ2n) is 9.01. The monoisotopic (exact) mass is 458 g/mol. The minimum atomic E-state index is -0.133. The van der Waals surface area contributed by atoms with E-state index in [1.54, 1.807) is 12.1 Å². The lowest BCUT2D eigenvalue weighted by Gasteiger charge is -2.41. The van der Waals surface area contributed by atoms with Gasteiger partial charge in [0.15, 0.2) is 0 Å². The Hall–Kier alpha value is -3.70. The molecule has 1 unspecified atom stereocenters. The minimum Gasteiger partial charge on any atom is -0.490 e. The van der Waals surface area contributed by atoms with Crippen molar-refractivity contribution in [1.82, 2.24) is 15.0 Å². The van der Waals surface area contributed by atoms with Crippen molar-refractivity contribution in [3.05, 3.63) is 53.1 Å². The van der Waals surface area contributed by atoms with E-state index in [1.165, 1.54) is 18.2 Å². The maximum Gasteiger partial charge on any atom is 0.311 e. The molecule has 174 valence electrons. The highest BCUT2D eigenvalue weighted by Crippen LogP contribution is 2.43. The first-order valence-electron chi connectivity index (χ1n) is 11.5. The normalized spacial score (nSPS) is 17.8. The minimum absolute atomic E-state index is 0.0282. The average molecular weight is 459 g/mol. The Morgan fingerprint density at radius 3 is 2.82 bits per heavy atom. The Kier molecular flexibility index (Phi) is 5.80. The van der Waals surface area contributed by atoms with Gasteiger partial charge in [-0.25, -0.2) is 0 Å². The molecular formula is C26H26N4O4. The van der Waals surface area contributed by atoms with Crippen LogP contribution in [0.4, 0.5) is 0 Å². The van der Waals surface area contributed by atoms with E-state index in [-0.39, 0.29) is 24.0 Å². The Morgan fingerprint density at radius 2 is 2.09 bits per heavy atom. The van der Waals surface area contributed by atoms with Crippen LogP contribution in [0.15, 0.2) is 40.9 Å². The first-order valence-corrected chi connectivity index (χ1v) is 11.5. The summed E-state index contributed by atoms with van der Waals surface area (Å²) in [6.07, 6.45) is 1.88. The zero-order chi connectivity index (χ0) is 23.8. The molecule has 0 bridgehead atoms. The third kappa shape index (κ3) is 3.93. The lowest BCUT2D eigenvalue weighted by Crippen LogP contribution is -2.51. The number of ether oxygens (including phenoxy) is 2. The van der Waals surface area contributed by atoms with Gasteiger partial charge >= 0.3 is 5.97 Å². The highest BCUT2D eigenvalue weighted by atomic mass is 16.5. The van der Waals surface area contributed by atoms with Crippen molar-refractivity contribution in [2.45, 2.75) is 38.8 Å². The molecular weight excluding hydrogens is 432 g/mol. The number of carbonyl (C=O) groups is 1. The second-order valence-corrected chi connectivity index (χ2v) is 9.01. The predicted molar refractivity (Wildman–Crippen MR) is 124 cm³/mol. The summed E-state index contributed by atoms with van der Waals surface area (Å²) >= 11 is 0. The van der Waals surface area contributed by atoms with Gasteiger partial charge in [-0.3, -0.25) is 9.69 Å². The van der Waals surface area contributed by atoms with Crippen LogP contribution in [0.5, 0.6) is 5.75 Å². The van der Waals surface area contributed by atoms with E-state index in [2.05, 4.69) is 27.2 Å². The van der Waals surface area contributed by atoms with Crippen molar-refractivity contribution < 1.29 is 18.8 Å². The van der Waals surface area contributed by atoms with Gasteiger partial charge in [0.1, 0.15) is 11.8 Å². The summed E-state index contributed by atoms with van der Waals surface area (Å²) in [7, 11) is 1.44. The zero-order valence-electron chi connectivity index (χ0n) is 19.4. The molecule has 2 aromatic carbocycles. The van der Waals surface area contributed by atoms with Crippen molar-refractivity contribution >= 4 is 5.97 Å². The molecule has 1 saturated heterocycles. The van der Waals surface area contributed by atoms with Crippen molar-refractivity contribution in [2.75, 3.05) is 20.2 Å². The van der Waals surface area contributed by atoms with Crippen molar-refractivity contribution in [3.63, 3.8) is 0 Å². The van der Waals surface area contributed by atoms with E-state index < -0.39 is 0 Å². The van der Waals surface area contributed by atoms with Gasteiger partial charge in [-0.15, -0.1) is 0 Å². The van der Waals surface area contributed by atoms with E-state index >= 15 is 0 Å². The van der Waals surface area contributed by atoms with Crippen LogP contribution in [0.1, 0.15) is 43.0 Å². The molecule has 0 radical (unpaired) electrons. The van der Waals surface area contributed by atoms with Gasteiger partial charge in [0.2, 0.25) is 5.82 Å². The number of nitrogens with zero attached hydrogens (tertiary/aromatic N) is 4. The number of methoxy groups -OCH3 is 1. The molecule has 0 amide bonds. The van der Waals surface area contributed by atoms with E-state index in [9.17, 15) is 10.1 Å². The number of esters is 1. The molecule has 1 aliphatic heterocycles. The summed E-state index contributed by atoms with van der Waals surface area (Å²) in [6.45, 7) is 5.29. The van der Waals surface area contributed by atoms with Crippen molar-refractivity contribution in [2.24, 2.45) is 5.92 Å². The molecule has 1 atom stereocenters. The molecule has 1 aliphatic carbocycles. The summed E-state index contributed by atoms with van der Waals surface area (Å²) in [6, 6.07) is 13.9. The molecule has 2 aliphatic rings. The van der Waals surface area contributed by atoms with Gasteiger partial charge in [-0.1, -0.05) is 23.4 Å². The largest absolute Gasteiger partial charge is 0.490 e. The van der Waals surface area contributed by atoms with Crippen molar-refractivity contribution in [3.8, 4) is 34.7 Å². The lowest BCUT2D eigenvalue weighted by atomic mass is 9.94. The van der Waals surface area contributed by atoms with E-state index in [0.717, 1.165) is 31.5 Å². The summed E-state index contributed by atoms with van der Waals surface area (Å²) < 4.78 is 16.1. The van der Waals surface area contributed by atoms with Gasteiger partial charge in [-0.2, -0.15) is 10.2 Å². The summed E-state index contributed by atoms with van der Waals surface area (Å²) in [5, 5.41) is 13.8. The first-order chi connectivity index (χ1) is 16.5. The summed E-state index contributed by atoms with van der Waals surface area (Å²) in [4.78, 5) is 18.7. The summed E-state index contributed by atoms with van der Waals surface area (Å²) in [5.41, 5.74) is 4.54. The Bertz CT molecular complexity index is 1270. The number of nitriles is 1. The maximum absolute atomic E-state index is 11.8. The van der Waals surface area contributed by atoms with Gasteiger partial charge in [-0.05, 0) is 56.0 Å². The SMILES string of the molecule is COC(=O)C1CN(C2CCc3c(-c4noc(-c5ccc(OC(C)C)c(C#N)c5)n4)cccc32)C1. The molecule has 2 heterocycles. The Balaban J connectivity index is 1.38. The number of rotatable bonds is 6. The molecule has 3 aromatic rings. The molecule has 1 fully saturated rings. The third-order valence-electron chi connectivity index (χ3n) is 6.50. The summed E-state index contributed by atoms with van der Waals surface area (Å²) in [5.74, 6) is 1.26. The predicted octanol–water partition coefficient (Wildman–Crippen LogP) is 4.15. The average Bonchev–Trinajstić information content (AvgIpc) is 3.46. The second kappa shape index (κ2) is 8.92. The molecule has 0 N–H and O–H groups in total. The topological polar surface area (TPSA) is 101 Å². The van der Waals surface area contributed by atoms with Crippen LogP contribution in [0, 0.1) is 17.2 Å². The van der Waals surface area contributed by atoms with Crippen LogP contribution in [-0.2, 0) is 16.0 Å². The van der Waals surface area contributed by atoms with Crippen LogP contribution in [0.25, 0.3) is 22.8 Å². The first kappa shape index (κ1) is 22.1. The quantitative estimate of drug-likeness (QED) is 0.508. The number of aromatic nitrogens is 2. The fraction of sp³-hybridized carbons (Fsp3) is 0.385. The van der Waals surface area contributed by atoms with Gasteiger partial charge in [0.25, 0.3) is 5.89 Å². The highest BCUT2D eigenvalue weighted by molar-refractivity contribution is 5.74. The Morgan fingerprint density at radius 1 is 1.26 bits per heavy atom. The van der Waals surface area contributed by atoms with Crippen LogP contribution in [-0.4, -0.2) is 47.3 Å². The molecule has 5 rings (SSSR count). The van der Waals surface area contributed by atoms with E-state index in [1.807, 2.05) is 32.0 Å². The Labute approximate surface area is 198 Å². The maximum atomic E-state index is 11.8. The van der Waals surface area contributed by atoms with Gasteiger partial charge < -0.3 is 14.0 Å². The standard InChI is InChI=1S/C26H26N4O4/c1-15(2)33-23-10-7-16(11-17(23)12-27)25-28-24(29-34-25)21-6-4-5-20-19(21)8-9-22(20)30-13-18(14-30)26(31)32-3/h4-7,10-11,15,18,22H,8-9,13-14H2,1-3H3. The number of fused-ring (bicyclic) bond motifs is 1. The highest BCUT2D eigenvalue weighted by Gasteiger charge is 2.40. The number of likely N-dealkylation sites (tertiary alicyclic amines) is 1.